The van der Waals surface area contributed by atoms with Crippen LogP contribution in [0, 0.1) is 0 Å². The van der Waals surface area contributed by atoms with Gasteiger partial charge in [0.05, 0.1) is 11.2 Å². The third kappa shape index (κ3) is 2.92. The molecule has 2 rings (SSSR count). The summed E-state index contributed by atoms with van der Waals surface area (Å²) in [7, 11) is -0.799. The second kappa shape index (κ2) is 5.17. The fourth-order valence-electron chi connectivity index (χ4n) is 1.88. The minimum Gasteiger partial charge on any atom is -0.435 e. The van der Waals surface area contributed by atoms with Crippen molar-refractivity contribution in [3.05, 3.63) is 23.2 Å². The highest BCUT2D eigenvalue weighted by atomic mass is 35.5. The van der Waals surface area contributed by atoms with Gasteiger partial charge >= 0.3 is 13.7 Å². The van der Waals surface area contributed by atoms with E-state index < -0.39 is 24.9 Å². The number of halogens is 3. The van der Waals surface area contributed by atoms with E-state index in [1.807, 2.05) is 27.7 Å². The van der Waals surface area contributed by atoms with Crippen molar-refractivity contribution in [1.29, 1.82) is 0 Å². The molecule has 7 heteroatoms. The molecule has 0 aromatic heterocycles. The molecule has 0 spiro atoms. The third-order valence-electron chi connectivity index (χ3n) is 3.70. The molecule has 20 heavy (non-hydrogen) atoms. The topological polar surface area (TPSA) is 27.7 Å². The van der Waals surface area contributed by atoms with Crippen LogP contribution in [0.1, 0.15) is 27.7 Å². The minimum absolute atomic E-state index is 0.00269. The molecular formula is C13H16BClF2O3. The first-order valence-corrected chi connectivity index (χ1v) is 6.60. The summed E-state index contributed by atoms with van der Waals surface area (Å²) in [6, 6.07) is 4.38. The number of ether oxygens (including phenoxy) is 1. The van der Waals surface area contributed by atoms with Gasteiger partial charge < -0.3 is 14.0 Å². The molecule has 0 amide bonds. The van der Waals surface area contributed by atoms with E-state index >= 15 is 0 Å². The van der Waals surface area contributed by atoms with Crippen LogP contribution < -0.4 is 10.2 Å². The van der Waals surface area contributed by atoms with Gasteiger partial charge in [-0.1, -0.05) is 11.6 Å². The Labute approximate surface area is 122 Å². The van der Waals surface area contributed by atoms with Gasteiger partial charge in [0.25, 0.3) is 0 Å². The monoisotopic (exact) mass is 304 g/mol. The molecule has 0 unspecified atom stereocenters. The summed E-state index contributed by atoms with van der Waals surface area (Å²) in [5, 5.41) is 0.399. The standard InChI is InChI=1S/C13H16BClF2O3/c1-12(2)13(3,4)20-14(19-12)9-7-8(15)5-6-10(9)18-11(16)17/h5-7,11H,1-4H3. The van der Waals surface area contributed by atoms with E-state index in [4.69, 9.17) is 20.9 Å². The SMILES string of the molecule is CC1(C)OB(c2cc(Cl)ccc2OC(F)F)OC1(C)C. The van der Waals surface area contributed by atoms with Crippen molar-refractivity contribution in [3.8, 4) is 5.75 Å². The Morgan fingerprint density at radius 3 is 2.20 bits per heavy atom. The van der Waals surface area contributed by atoms with Gasteiger partial charge in [-0.3, -0.25) is 0 Å². The van der Waals surface area contributed by atoms with Gasteiger partial charge in [-0.25, -0.2) is 0 Å². The maximum absolute atomic E-state index is 12.5. The Morgan fingerprint density at radius 1 is 1.15 bits per heavy atom. The zero-order chi connectivity index (χ0) is 15.1. The van der Waals surface area contributed by atoms with E-state index in [1.165, 1.54) is 18.2 Å². The van der Waals surface area contributed by atoms with Crippen LogP contribution in [0.25, 0.3) is 0 Å². The molecule has 1 fully saturated rings. The molecule has 0 N–H and O–H groups in total. The second-order valence-electron chi connectivity index (χ2n) is 5.65. The maximum Gasteiger partial charge on any atom is 0.498 e. The Balaban J connectivity index is 2.36. The number of benzene rings is 1. The molecule has 0 atom stereocenters. The van der Waals surface area contributed by atoms with Gasteiger partial charge in [0.2, 0.25) is 0 Å². The van der Waals surface area contributed by atoms with E-state index in [0.29, 0.717) is 10.5 Å². The fourth-order valence-corrected chi connectivity index (χ4v) is 2.06. The lowest BCUT2D eigenvalue weighted by atomic mass is 9.78. The van der Waals surface area contributed by atoms with Crippen LogP contribution in [0.2, 0.25) is 5.02 Å². The van der Waals surface area contributed by atoms with Crippen molar-refractivity contribution in [2.45, 2.75) is 45.5 Å². The molecule has 1 aliphatic heterocycles. The Hall–Kier alpha value is -0.845. The molecule has 0 radical (unpaired) electrons. The number of hydrogen-bond acceptors (Lipinski definition) is 3. The first kappa shape index (κ1) is 15.5. The first-order valence-electron chi connectivity index (χ1n) is 6.22. The van der Waals surface area contributed by atoms with Gasteiger partial charge in [-0.15, -0.1) is 0 Å². The molecule has 1 aromatic carbocycles. The van der Waals surface area contributed by atoms with Crippen LogP contribution in [-0.4, -0.2) is 24.9 Å². The average molecular weight is 305 g/mol. The summed E-state index contributed by atoms with van der Waals surface area (Å²) in [4.78, 5) is 0. The van der Waals surface area contributed by atoms with Crippen LogP contribution in [0.4, 0.5) is 8.78 Å². The highest BCUT2D eigenvalue weighted by molar-refractivity contribution is 6.63. The van der Waals surface area contributed by atoms with Crippen molar-refractivity contribution in [3.63, 3.8) is 0 Å². The molecular weight excluding hydrogens is 288 g/mol. The molecule has 1 aliphatic rings. The quantitative estimate of drug-likeness (QED) is 0.802. The highest BCUT2D eigenvalue weighted by Crippen LogP contribution is 2.37. The van der Waals surface area contributed by atoms with Crippen LogP contribution in [0.15, 0.2) is 18.2 Å². The van der Waals surface area contributed by atoms with Crippen molar-refractivity contribution in [2.75, 3.05) is 0 Å². The van der Waals surface area contributed by atoms with Gasteiger partial charge in [0.1, 0.15) is 5.75 Å². The van der Waals surface area contributed by atoms with E-state index in [-0.39, 0.29) is 5.75 Å². The first-order chi connectivity index (χ1) is 9.12. The zero-order valence-corrected chi connectivity index (χ0v) is 12.5. The largest absolute Gasteiger partial charge is 0.498 e. The minimum atomic E-state index is -2.92. The van der Waals surface area contributed by atoms with Crippen molar-refractivity contribution in [1.82, 2.24) is 0 Å². The summed E-state index contributed by atoms with van der Waals surface area (Å²) < 4.78 is 41.1. The Morgan fingerprint density at radius 2 is 1.70 bits per heavy atom. The van der Waals surface area contributed by atoms with Crippen molar-refractivity contribution >= 4 is 24.2 Å². The number of alkyl halides is 2. The number of hydrogen-bond donors (Lipinski definition) is 0. The van der Waals surface area contributed by atoms with Crippen LogP contribution in [0.5, 0.6) is 5.75 Å². The number of rotatable bonds is 3. The van der Waals surface area contributed by atoms with E-state index in [0.717, 1.165) is 0 Å². The summed E-state index contributed by atoms with van der Waals surface area (Å²) in [5.41, 5.74) is -0.777. The predicted octanol–water partition coefficient (Wildman–Crippen LogP) is 3.24. The molecule has 1 saturated heterocycles. The van der Waals surface area contributed by atoms with Crippen molar-refractivity contribution < 1.29 is 22.8 Å². The molecule has 1 heterocycles. The lowest BCUT2D eigenvalue weighted by Crippen LogP contribution is -2.41. The molecule has 3 nitrogen and oxygen atoms in total. The summed E-state index contributed by atoms with van der Waals surface area (Å²) in [5.74, 6) is 0.00269. The molecule has 0 saturated carbocycles. The molecule has 0 bridgehead atoms. The Bertz CT molecular complexity index is 492. The molecule has 0 aliphatic carbocycles. The fraction of sp³-hybridized carbons (Fsp3) is 0.538. The average Bonchev–Trinajstić information content (AvgIpc) is 2.50. The van der Waals surface area contributed by atoms with Crippen LogP contribution in [0.3, 0.4) is 0 Å². The zero-order valence-electron chi connectivity index (χ0n) is 11.7. The van der Waals surface area contributed by atoms with Crippen LogP contribution in [-0.2, 0) is 9.31 Å². The highest BCUT2D eigenvalue weighted by Gasteiger charge is 2.52. The van der Waals surface area contributed by atoms with Crippen molar-refractivity contribution in [2.24, 2.45) is 0 Å². The van der Waals surface area contributed by atoms with Gasteiger partial charge in [0.15, 0.2) is 0 Å². The maximum atomic E-state index is 12.5. The van der Waals surface area contributed by atoms with Gasteiger partial charge in [0, 0.05) is 10.5 Å². The van der Waals surface area contributed by atoms with Gasteiger partial charge in [-0.05, 0) is 45.9 Å². The third-order valence-corrected chi connectivity index (χ3v) is 3.93. The molecule has 1 aromatic rings. The smallest absolute Gasteiger partial charge is 0.435 e. The normalized spacial score (nSPS) is 20.5. The molecule has 110 valence electrons. The predicted molar refractivity (Wildman–Crippen MR) is 73.8 cm³/mol. The second-order valence-corrected chi connectivity index (χ2v) is 6.09. The Kier molecular flexibility index (Phi) is 4.02. The van der Waals surface area contributed by atoms with E-state index in [2.05, 4.69) is 4.74 Å². The van der Waals surface area contributed by atoms with E-state index in [9.17, 15) is 8.78 Å². The van der Waals surface area contributed by atoms with E-state index in [1.54, 1.807) is 0 Å². The van der Waals surface area contributed by atoms with Crippen LogP contribution >= 0.6 is 11.6 Å². The summed E-state index contributed by atoms with van der Waals surface area (Å²) >= 11 is 5.92. The lowest BCUT2D eigenvalue weighted by Gasteiger charge is -2.32. The summed E-state index contributed by atoms with van der Waals surface area (Å²) in [6.45, 7) is 4.60. The lowest BCUT2D eigenvalue weighted by molar-refractivity contribution is -0.0492. The van der Waals surface area contributed by atoms with Gasteiger partial charge in [-0.2, -0.15) is 8.78 Å². The summed E-state index contributed by atoms with van der Waals surface area (Å²) in [6.07, 6.45) is 0.